The Morgan fingerprint density at radius 3 is 2.73 bits per heavy atom. The summed E-state index contributed by atoms with van der Waals surface area (Å²) in [5.41, 5.74) is 1.82. The Balaban J connectivity index is 3.05. The molecule has 1 rings (SSSR count). The monoisotopic (exact) mass is 224 g/mol. The maximum absolute atomic E-state index is 11.8. The number of ketones is 1. The zero-order valence-corrected chi connectivity index (χ0v) is 10.0. The second kappa shape index (κ2) is 5.81. The number of hydrogen-bond acceptors (Lipinski definition) is 3. The summed E-state index contributed by atoms with van der Waals surface area (Å²) in [6.45, 7) is 2.06. The van der Waals surface area contributed by atoms with Crippen molar-refractivity contribution in [2.24, 2.45) is 0 Å². The molecule has 2 nitrogen and oxygen atoms in total. The summed E-state index contributed by atoms with van der Waals surface area (Å²) in [7, 11) is 1.58. The fraction of sp³-hybridized carbons (Fsp3) is 0.417. The third-order valence-corrected chi connectivity index (χ3v) is 2.54. The first-order valence-electron chi connectivity index (χ1n) is 5.03. The van der Waals surface area contributed by atoms with Crippen LogP contribution in [0, 0.1) is 0 Å². The molecule has 0 atom stereocenters. The van der Waals surface area contributed by atoms with E-state index in [4.69, 9.17) is 4.74 Å². The van der Waals surface area contributed by atoms with Crippen molar-refractivity contribution in [1.29, 1.82) is 0 Å². The fourth-order valence-electron chi connectivity index (χ4n) is 1.43. The smallest absolute Gasteiger partial charge is 0.167 e. The number of carbonyl (C=O) groups is 1. The van der Waals surface area contributed by atoms with Gasteiger partial charge in [0.05, 0.1) is 12.7 Å². The van der Waals surface area contributed by atoms with Gasteiger partial charge in [-0.15, -0.1) is 0 Å². The molecule has 0 aliphatic carbocycles. The van der Waals surface area contributed by atoms with Crippen LogP contribution in [0.2, 0.25) is 0 Å². The van der Waals surface area contributed by atoms with Crippen LogP contribution in [0.4, 0.5) is 0 Å². The van der Waals surface area contributed by atoms with Crippen LogP contribution in [0.25, 0.3) is 0 Å². The van der Waals surface area contributed by atoms with Gasteiger partial charge in [-0.2, -0.15) is 12.6 Å². The average Bonchev–Trinajstić information content (AvgIpc) is 2.28. The molecule has 0 amide bonds. The number of methoxy groups -OCH3 is 1. The highest BCUT2D eigenvalue weighted by atomic mass is 32.1. The van der Waals surface area contributed by atoms with Gasteiger partial charge in [0.2, 0.25) is 0 Å². The maximum atomic E-state index is 11.8. The Kier molecular flexibility index (Phi) is 4.69. The molecule has 0 aliphatic rings. The Bertz CT molecular complexity index is 347. The Morgan fingerprint density at radius 2 is 2.20 bits per heavy atom. The molecule has 0 bridgehead atoms. The molecule has 1 aromatic carbocycles. The molecule has 0 unspecified atom stereocenters. The van der Waals surface area contributed by atoms with E-state index in [0.29, 0.717) is 23.5 Å². The van der Waals surface area contributed by atoms with Gasteiger partial charge >= 0.3 is 0 Å². The molecule has 82 valence electrons. The van der Waals surface area contributed by atoms with Crippen LogP contribution >= 0.6 is 12.6 Å². The summed E-state index contributed by atoms with van der Waals surface area (Å²) < 4.78 is 5.17. The number of benzene rings is 1. The van der Waals surface area contributed by atoms with Gasteiger partial charge < -0.3 is 4.74 Å². The lowest BCUT2D eigenvalue weighted by molar-refractivity contribution is 0.0986. The predicted molar refractivity (Wildman–Crippen MR) is 65.2 cm³/mol. The average molecular weight is 224 g/mol. The fourth-order valence-corrected chi connectivity index (χ4v) is 1.63. The van der Waals surface area contributed by atoms with Crippen LogP contribution in [0.5, 0.6) is 5.75 Å². The van der Waals surface area contributed by atoms with Crippen molar-refractivity contribution < 1.29 is 9.53 Å². The second-order valence-electron chi connectivity index (χ2n) is 3.28. The van der Waals surface area contributed by atoms with Gasteiger partial charge in [0.25, 0.3) is 0 Å². The Morgan fingerprint density at radius 1 is 1.47 bits per heavy atom. The first-order valence-corrected chi connectivity index (χ1v) is 5.67. The van der Waals surface area contributed by atoms with Crippen LogP contribution in [-0.2, 0) is 6.42 Å². The van der Waals surface area contributed by atoms with Crippen molar-refractivity contribution in [3.8, 4) is 5.75 Å². The lowest BCUT2D eigenvalue weighted by Crippen LogP contribution is -2.03. The molecule has 15 heavy (non-hydrogen) atoms. The number of hydrogen-bond donors (Lipinski definition) is 1. The largest absolute Gasteiger partial charge is 0.496 e. The third kappa shape index (κ3) is 2.99. The molecule has 0 aliphatic heterocycles. The third-order valence-electron chi connectivity index (χ3n) is 2.31. The minimum atomic E-state index is 0.0946. The lowest BCUT2D eigenvalue weighted by Gasteiger charge is -2.08. The van der Waals surface area contributed by atoms with E-state index < -0.39 is 0 Å². The zero-order valence-electron chi connectivity index (χ0n) is 9.12. The minimum Gasteiger partial charge on any atom is -0.496 e. The number of aryl methyl sites for hydroxylation is 1. The van der Waals surface area contributed by atoms with Gasteiger partial charge in [-0.1, -0.05) is 13.0 Å². The van der Waals surface area contributed by atoms with Gasteiger partial charge in [-0.05, 0) is 29.9 Å². The Hall–Kier alpha value is -0.960. The van der Waals surface area contributed by atoms with Crippen LogP contribution in [0.15, 0.2) is 18.2 Å². The predicted octanol–water partition coefficient (Wildman–Crippen LogP) is 2.76. The summed E-state index contributed by atoms with van der Waals surface area (Å²) in [4.78, 5) is 11.8. The number of Topliss-reactive ketones (excluding diaryl/α,β-unsaturated/α-hetero) is 1. The van der Waals surface area contributed by atoms with Crippen molar-refractivity contribution >= 4 is 18.4 Å². The molecule has 0 spiro atoms. The number of rotatable bonds is 5. The molecule has 0 aromatic heterocycles. The number of ether oxygens (including phenoxy) is 1. The van der Waals surface area contributed by atoms with Gasteiger partial charge in [0.15, 0.2) is 5.78 Å². The molecule has 3 heteroatoms. The van der Waals surface area contributed by atoms with E-state index in [0.717, 1.165) is 12.0 Å². The van der Waals surface area contributed by atoms with E-state index in [1.807, 2.05) is 18.2 Å². The van der Waals surface area contributed by atoms with E-state index in [1.54, 1.807) is 7.11 Å². The number of thiol groups is 1. The van der Waals surface area contributed by atoms with E-state index in [-0.39, 0.29) is 5.78 Å². The Labute approximate surface area is 96.1 Å². The first-order chi connectivity index (χ1) is 7.22. The van der Waals surface area contributed by atoms with Crippen LogP contribution in [0.1, 0.15) is 29.3 Å². The van der Waals surface area contributed by atoms with Gasteiger partial charge in [-0.3, -0.25) is 4.79 Å². The molecule has 1 aromatic rings. The maximum Gasteiger partial charge on any atom is 0.167 e. The molecule has 0 radical (unpaired) electrons. The van der Waals surface area contributed by atoms with Gasteiger partial charge in [-0.25, -0.2) is 0 Å². The topological polar surface area (TPSA) is 26.3 Å². The van der Waals surface area contributed by atoms with Crippen molar-refractivity contribution in [1.82, 2.24) is 0 Å². The van der Waals surface area contributed by atoms with Crippen molar-refractivity contribution in [3.63, 3.8) is 0 Å². The van der Waals surface area contributed by atoms with Crippen molar-refractivity contribution in [2.75, 3.05) is 12.9 Å². The lowest BCUT2D eigenvalue weighted by atomic mass is 10.0. The molecular formula is C12H16O2S. The molecule has 0 saturated heterocycles. The van der Waals surface area contributed by atoms with E-state index in [2.05, 4.69) is 19.6 Å². The summed E-state index contributed by atoms with van der Waals surface area (Å²) in [6, 6.07) is 5.74. The standard InChI is InChI=1S/C12H16O2S/c1-3-9-4-5-12(14-2)10(8-9)11(13)6-7-15/h4-5,8,15H,3,6-7H2,1-2H3. The number of carbonyl (C=O) groups excluding carboxylic acids is 1. The highest BCUT2D eigenvalue weighted by Gasteiger charge is 2.11. The van der Waals surface area contributed by atoms with E-state index in [1.165, 1.54) is 0 Å². The van der Waals surface area contributed by atoms with Crippen LogP contribution in [-0.4, -0.2) is 18.6 Å². The molecule has 0 N–H and O–H groups in total. The van der Waals surface area contributed by atoms with Crippen molar-refractivity contribution in [2.45, 2.75) is 19.8 Å². The van der Waals surface area contributed by atoms with Gasteiger partial charge in [0, 0.05) is 6.42 Å². The van der Waals surface area contributed by atoms with Crippen molar-refractivity contribution in [3.05, 3.63) is 29.3 Å². The molecule has 0 heterocycles. The first kappa shape index (κ1) is 12.1. The second-order valence-corrected chi connectivity index (χ2v) is 3.73. The zero-order chi connectivity index (χ0) is 11.3. The summed E-state index contributed by atoms with van der Waals surface area (Å²) in [5, 5.41) is 0. The molecule has 0 fully saturated rings. The molecular weight excluding hydrogens is 208 g/mol. The van der Waals surface area contributed by atoms with Crippen LogP contribution < -0.4 is 4.74 Å². The minimum absolute atomic E-state index is 0.0946. The molecule has 0 saturated carbocycles. The quantitative estimate of drug-likeness (QED) is 0.615. The SMILES string of the molecule is CCc1ccc(OC)c(C(=O)CCS)c1. The highest BCUT2D eigenvalue weighted by Crippen LogP contribution is 2.21. The van der Waals surface area contributed by atoms with E-state index >= 15 is 0 Å². The van der Waals surface area contributed by atoms with Gasteiger partial charge in [0.1, 0.15) is 5.75 Å². The summed E-state index contributed by atoms with van der Waals surface area (Å²) in [5.74, 6) is 1.31. The normalized spacial score (nSPS) is 10.1. The highest BCUT2D eigenvalue weighted by molar-refractivity contribution is 7.80. The van der Waals surface area contributed by atoms with E-state index in [9.17, 15) is 4.79 Å². The van der Waals surface area contributed by atoms with Crippen LogP contribution in [0.3, 0.4) is 0 Å². The summed E-state index contributed by atoms with van der Waals surface area (Å²) >= 11 is 4.06. The summed E-state index contributed by atoms with van der Waals surface area (Å²) in [6.07, 6.45) is 1.37.